The summed E-state index contributed by atoms with van der Waals surface area (Å²) in [5.41, 5.74) is 0. The molecule has 0 saturated carbocycles. The van der Waals surface area contributed by atoms with Crippen molar-refractivity contribution in [3.63, 3.8) is 0 Å². The molecule has 1 radical (unpaired) electrons. The third-order valence-corrected chi connectivity index (χ3v) is 0.892. The van der Waals surface area contributed by atoms with Crippen LogP contribution in [-0.2, 0) is 19.7 Å². The molecule has 1 heterocycles. The molecule has 0 atom stereocenters. The van der Waals surface area contributed by atoms with Crippen molar-refractivity contribution in [2.45, 2.75) is 4.90 Å². The van der Waals surface area contributed by atoms with Crippen LogP contribution >= 0.6 is 0 Å². The Morgan fingerprint density at radius 1 is 1.75 bits per heavy atom. The van der Waals surface area contributed by atoms with Gasteiger partial charge in [-0.2, -0.15) is 5.10 Å². The van der Waals surface area contributed by atoms with Gasteiger partial charge in [-0.25, -0.2) is 0 Å². The first kappa shape index (κ1) is 8.52. The zero-order chi connectivity index (χ0) is 5.28. The Kier molecular flexibility index (Phi) is 3.76. The van der Waals surface area contributed by atoms with Crippen LogP contribution in [0.3, 0.4) is 0 Å². The molecule has 0 spiro atoms. The molecule has 4 heteroatoms. The quantitative estimate of drug-likeness (QED) is 0.632. The second-order valence-electron chi connectivity index (χ2n) is 1.35. The van der Waals surface area contributed by atoms with Gasteiger partial charge >= 0.3 is 0 Å². The van der Waals surface area contributed by atoms with Crippen LogP contribution in [-0.4, -0.2) is 9.78 Å². The first-order chi connectivity index (χ1) is 3.29. The summed E-state index contributed by atoms with van der Waals surface area (Å²) in [4.78, 5) is 0.794. The molecule has 0 aliphatic heterocycles. The normalized spacial score (nSPS) is 8.12. The van der Waals surface area contributed by atoms with E-state index in [9.17, 15) is 0 Å². The Morgan fingerprint density at radius 2 is 2.38 bits per heavy atom. The van der Waals surface area contributed by atoms with Gasteiger partial charge in [0.1, 0.15) is 0 Å². The molecule has 0 aliphatic carbocycles. The third kappa shape index (κ3) is 2.19. The smallest absolute Gasteiger partial charge is 0.0297 e. The minimum Gasteiger partial charge on any atom is -0.777 e. The number of aryl methyl sites for hydroxylation is 1. The maximum Gasteiger partial charge on any atom is 0.0297 e. The molecule has 0 saturated heterocycles. The van der Waals surface area contributed by atoms with E-state index in [0.717, 1.165) is 4.90 Å². The summed E-state index contributed by atoms with van der Waals surface area (Å²) in [6.07, 6.45) is 3.44. The fourth-order valence-corrected chi connectivity index (χ4v) is 0.598. The first-order valence-corrected chi connectivity index (χ1v) is 2.35. The minimum absolute atomic E-state index is 0. The van der Waals surface area contributed by atoms with Gasteiger partial charge in [0.15, 0.2) is 0 Å². The van der Waals surface area contributed by atoms with E-state index >= 15 is 0 Å². The largest absolute Gasteiger partial charge is 0.777 e. The van der Waals surface area contributed by atoms with Crippen LogP contribution in [0, 0.1) is 32.3 Å². The van der Waals surface area contributed by atoms with Crippen molar-refractivity contribution in [1.29, 1.82) is 0 Å². The molecule has 0 aliphatic rings. The van der Waals surface area contributed by atoms with Gasteiger partial charge in [-0.15, -0.1) is 4.90 Å². The Hall–Kier alpha value is 0.521. The molecule has 0 aromatic carbocycles. The van der Waals surface area contributed by atoms with Crippen LogP contribution in [0.2, 0.25) is 0 Å². The van der Waals surface area contributed by atoms with Crippen molar-refractivity contribution in [2.24, 2.45) is 7.05 Å². The van der Waals surface area contributed by atoms with E-state index in [1.807, 2.05) is 7.05 Å². The maximum absolute atomic E-state index is 4.75. The Labute approximate surface area is 78.6 Å². The summed E-state index contributed by atoms with van der Waals surface area (Å²) in [6, 6.07) is 0. The SMILES string of the molecule is Cn1cc([S-])cn1.[Pa]. The standard InChI is InChI=1S/C4H6N2S.Pa/c1-6-3-4(7)2-5-6;/h2-3,7H,1H3;/p-1. The molecule has 0 N–H and O–H groups in total. The minimum atomic E-state index is 0. The average molecular weight is 344 g/mol. The Balaban J connectivity index is 0.000000490. The number of rotatable bonds is 0. The number of hydrogen-bond donors (Lipinski definition) is 0. The summed E-state index contributed by atoms with van der Waals surface area (Å²) < 4.78 is 1.68. The van der Waals surface area contributed by atoms with Gasteiger partial charge < -0.3 is 12.6 Å². The zero-order valence-electron chi connectivity index (χ0n) is 4.53. The molecule has 41 valence electrons. The number of nitrogens with zero attached hydrogens (tertiary/aromatic N) is 2. The second-order valence-corrected chi connectivity index (χ2v) is 1.82. The summed E-state index contributed by atoms with van der Waals surface area (Å²) >= 11 is 4.75. The van der Waals surface area contributed by atoms with Gasteiger partial charge in [-0.1, -0.05) is 0 Å². The third-order valence-electron chi connectivity index (χ3n) is 0.681. The van der Waals surface area contributed by atoms with Gasteiger partial charge in [0.25, 0.3) is 0 Å². The summed E-state index contributed by atoms with van der Waals surface area (Å²) in [7, 11) is 1.84. The van der Waals surface area contributed by atoms with Crippen LogP contribution in [0.4, 0.5) is 0 Å². The molecule has 1 aromatic rings. The van der Waals surface area contributed by atoms with Gasteiger partial charge in [0, 0.05) is 51.7 Å². The van der Waals surface area contributed by atoms with Gasteiger partial charge in [0.05, 0.1) is 0 Å². The van der Waals surface area contributed by atoms with E-state index in [1.54, 1.807) is 17.1 Å². The molecule has 8 heavy (non-hydrogen) atoms. The fourth-order valence-electron chi connectivity index (χ4n) is 0.399. The van der Waals surface area contributed by atoms with Gasteiger partial charge in [-0.3, -0.25) is 4.68 Å². The first-order valence-electron chi connectivity index (χ1n) is 1.95. The van der Waals surface area contributed by atoms with E-state index < -0.39 is 0 Å². The summed E-state index contributed by atoms with van der Waals surface area (Å²) in [6.45, 7) is 0. The van der Waals surface area contributed by atoms with Crippen molar-refractivity contribution < 1.29 is 32.3 Å². The molecule has 0 bridgehead atoms. The van der Waals surface area contributed by atoms with Gasteiger partial charge in [-0.05, 0) is 0 Å². The van der Waals surface area contributed by atoms with Crippen molar-refractivity contribution in [3.05, 3.63) is 12.4 Å². The molecular formula is C4H5N2PaS-. The zero-order valence-corrected chi connectivity index (χ0v) is 10.2. The molecule has 0 unspecified atom stereocenters. The molecule has 1 rings (SSSR count). The van der Waals surface area contributed by atoms with E-state index in [2.05, 4.69) is 5.10 Å². The Bertz CT molecular complexity index is 146. The topological polar surface area (TPSA) is 17.8 Å². The van der Waals surface area contributed by atoms with Gasteiger partial charge in [0.2, 0.25) is 0 Å². The van der Waals surface area contributed by atoms with E-state index in [1.165, 1.54) is 0 Å². The van der Waals surface area contributed by atoms with Crippen LogP contribution in [0.25, 0.3) is 0 Å². The molecule has 2 nitrogen and oxygen atoms in total. The van der Waals surface area contributed by atoms with E-state index in [4.69, 9.17) is 12.6 Å². The molecule has 1 aromatic heterocycles. The fraction of sp³-hybridized carbons (Fsp3) is 0.250. The molecule has 0 amide bonds. The van der Waals surface area contributed by atoms with Crippen molar-refractivity contribution in [1.82, 2.24) is 9.78 Å². The predicted octanol–water partition coefficient (Wildman–Crippen LogP) is 0.326. The monoisotopic (exact) mass is 344 g/mol. The maximum atomic E-state index is 4.75. The second kappa shape index (κ2) is 3.53. The molecule has 0 fully saturated rings. The number of aromatic nitrogens is 2. The van der Waals surface area contributed by atoms with Crippen molar-refractivity contribution in [3.8, 4) is 0 Å². The van der Waals surface area contributed by atoms with Crippen LogP contribution in [0.1, 0.15) is 0 Å². The Morgan fingerprint density at radius 3 is 2.50 bits per heavy atom. The predicted molar refractivity (Wildman–Crippen MR) is 28.8 cm³/mol. The van der Waals surface area contributed by atoms with E-state index in [-0.39, 0.29) is 32.3 Å². The van der Waals surface area contributed by atoms with Crippen LogP contribution < -0.4 is 0 Å². The summed E-state index contributed by atoms with van der Waals surface area (Å²) in [5.74, 6) is 0. The van der Waals surface area contributed by atoms with Crippen molar-refractivity contribution in [2.75, 3.05) is 0 Å². The number of hydrogen-bond acceptors (Lipinski definition) is 2. The van der Waals surface area contributed by atoms with Crippen LogP contribution in [0.15, 0.2) is 17.3 Å². The average Bonchev–Trinajstić information content (AvgIpc) is 1.87. The van der Waals surface area contributed by atoms with Crippen molar-refractivity contribution >= 4 is 12.6 Å². The van der Waals surface area contributed by atoms with Crippen LogP contribution in [0.5, 0.6) is 0 Å². The van der Waals surface area contributed by atoms with E-state index in [0.29, 0.717) is 0 Å². The summed E-state index contributed by atoms with van der Waals surface area (Å²) in [5, 5.41) is 3.83. The molecular weight excluding hydrogens is 339 g/mol.